The fourth-order valence-corrected chi connectivity index (χ4v) is 4.57. The molecule has 0 N–H and O–H groups in total. The number of nitrogens with zero attached hydrogens (tertiary/aromatic N) is 4. The number of ether oxygens (including phenoxy) is 1. The molecule has 1 fully saturated rings. The minimum absolute atomic E-state index is 0.0795. The first kappa shape index (κ1) is 18.9. The molecule has 0 amide bonds. The largest absolute Gasteiger partial charge is 0.381 e. The van der Waals surface area contributed by atoms with E-state index in [1.165, 1.54) is 22.5 Å². The van der Waals surface area contributed by atoms with Gasteiger partial charge in [-0.05, 0) is 38.7 Å². The third-order valence-corrected chi connectivity index (χ3v) is 6.09. The summed E-state index contributed by atoms with van der Waals surface area (Å²) in [6, 6.07) is 10.9. The van der Waals surface area contributed by atoms with E-state index in [4.69, 9.17) is 9.84 Å². The van der Waals surface area contributed by atoms with E-state index in [2.05, 4.69) is 65.3 Å². The Bertz CT molecular complexity index is 919. The average Bonchev–Trinajstić information content (AvgIpc) is 3.27. The molecule has 3 aromatic rings. The smallest absolute Gasteiger partial charge is 0.0951 e. The Labute approximate surface area is 167 Å². The van der Waals surface area contributed by atoms with Crippen molar-refractivity contribution in [2.45, 2.75) is 58.5 Å². The maximum atomic E-state index is 5.71. The zero-order chi connectivity index (χ0) is 19.6. The summed E-state index contributed by atoms with van der Waals surface area (Å²) in [6.07, 6.45) is 7.11. The molecule has 0 bridgehead atoms. The molecule has 0 atom stereocenters. The van der Waals surface area contributed by atoms with Crippen LogP contribution in [-0.2, 0) is 23.2 Å². The zero-order valence-electron chi connectivity index (χ0n) is 17.2. The average molecular weight is 379 g/mol. The van der Waals surface area contributed by atoms with Crippen molar-refractivity contribution in [2.24, 2.45) is 0 Å². The molecule has 1 aromatic carbocycles. The van der Waals surface area contributed by atoms with Crippen molar-refractivity contribution < 1.29 is 4.74 Å². The number of hydrogen-bond acceptors (Lipinski definition) is 3. The van der Waals surface area contributed by atoms with Crippen LogP contribution in [0.15, 0.2) is 42.9 Å². The fourth-order valence-electron chi connectivity index (χ4n) is 4.57. The van der Waals surface area contributed by atoms with Gasteiger partial charge in [0.2, 0.25) is 0 Å². The lowest BCUT2D eigenvalue weighted by Crippen LogP contribution is -2.38. The summed E-state index contributed by atoms with van der Waals surface area (Å²) in [5.74, 6) is 0. The molecule has 148 valence electrons. The highest BCUT2D eigenvalue weighted by molar-refractivity contribution is 5.64. The first-order valence-electron chi connectivity index (χ1n) is 10.3. The van der Waals surface area contributed by atoms with Gasteiger partial charge in [0.1, 0.15) is 0 Å². The molecule has 1 aliphatic rings. The minimum Gasteiger partial charge on any atom is -0.381 e. The molecule has 1 saturated heterocycles. The fraction of sp³-hybridized carbons (Fsp3) is 0.478. The van der Waals surface area contributed by atoms with Gasteiger partial charge in [-0.3, -0.25) is 4.68 Å². The Morgan fingerprint density at radius 1 is 1.11 bits per heavy atom. The number of aromatic nitrogens is 4. The molecule has 0 radical (unpaired) electrons. The number of hydrogen-bond donors (Lipinski definition) is 0. The van der Waals surface area contributed by atoms with E-state index in [0.29, 0.717) is 0 Å². The van der Waals surface area contributed by atoms with Crippen LogP contribution in [0.5, 0.6) is 0 Å². The lowest BCUT2D eigenvalue weighted by Gasteiger charge is -2.38. The molecular formula is C23H30N4O. The second-order valence-electron chi connectivity index (χ2n) is 7.93. The highest BCUT2D eigenvalue weighted by Crippen LogP contribution is 2.38. The summed E-state index contributed by atoms with van der Waals surface area (Å²) in [4.78, 5) is 4.52. The molecule has 5 heteroatoms. The van der Waals surface area contributed by atoms with E-state index in [1.54, 1.807) is 0 Å². The molecule has 5 nitrogen and oxygen atoms in total. The molecule has 3 heterocycles. The number of aryl methyl sites for hydroxylation is 2. The third kappa shape index (κ3) is 3.39. The Balaban J connectivity index is 1.73. The summed E-state index contributed by atoms with van der Waals surface area (Å²) in [7, 11) is 0. The molecule has 0 spiro atoms. The quantitative estimate of drug-likeness (QED) is 0.633. The van der Waals surface area contributed by atoms with Crippen molar-refractivity contribution in [1.29, 1.82) is 0 Å². The third-order valence-electron chi connectivity index (χ3n) is 6.09. The van der Waals surface area contributed by atoms with Gasteiger partial charge in [0, 0.05) is 43.0 Å². The number of imidazole rings is 1. The minimum atomic E-state index is 0.0795. The van der Waals surface area contributed by atoms with E-state index in [1.807, 2.05) is 12.5 Å². The molecule has 4 rings (SSSR count). The van der Waals surface area contributed by atoms with E-state index in [0.717, 1.165) is 51.3 Å². The second-order valence-corrected chi connectivity index (χ2v) is 7.93. The highest BCUT2D eigenvalue weighted by atomic mass is 16.5. The number of rotatable bonds is 6. The van der Waals surface area contributed by atoms with Gasteiger partial charge >= 0.3 is 0 Å². The summed E-state index contributed by atoms with van der Waals surface area (Å²) in [5.41, 5.74) is 6.17. The van der Waals surface area contributed by atoms with E-state index >= 15 is 0 Å². The van der Waals surface area contributed by atoms with Crippen LogP contribution >= 0.6 is 0 Å². The van der Waals surface area contributed by atoms with Gasteiger partial charge in [-0.1, -0.05) is 37.3 Å². The Kier molecular flexibility index (Phi) is 5.36. The van der Waals surface area contributed by atoms with Gasteiger partial charge in [0.05, 0.1) is 23.9 Å². The first-order valence-corrected chi connectivity index (χ1v) is 10.3. The Morgan fingerprint density at radius 2 is 1.86 bits per heavy atom. The maximum absolute atomic E-state index is 5.71. The van der Waals surface area contributed by atoms with E-state index < -0.39 is 0 Å². The van der Waals surface area contributed by atoms with Crippen molar-refractivity contribution in [2.75, 3.05) is 13.2 Å². The normalized spacial score (nSPS) is 16.4. The predicted molar refractivity (Wildman–Crippen MR) is 111 cm³/mol. The van der Waals surface area contributed by atoms with Gasteiger partial charge in [0.25, 0.3) is 0 Å². The number of benzene rings is 1. The van der Waals surface area contributed by atoms with Crippen molar-refractivity contribution in [3.63, 3.8) is 0 Å². The van der Waals surface area contributed by atoms with Crippen LogP contribution in [0.1, 0.15) is 43.1 Å². The van der Waals surface area contributed by atoms with Gasteiger partial charge < -0.3 is 9.30 Å². The predicted octanol–water partition coefficient (Wildman–Crippen LogP) is 4.52. The molecule has 0 aliphatic carbocycles. The monoisotopic (exact) mass is 378 g/mol. The topological polar surface area (TPSA) is 44.9 Å². The lowest BCUT2D eigenvalue weighted by atomic mass is 9.74. The van der Waals surface area contributed by atoms with Crippen LogP contribution in [0.2, 0.25) is 0 Å². The van der Waals surface area contributed by atoms with E-state index in [-0.39, 0.29) is 5.41 Å². The SMILES string of the molecule is CCCn1nc(C)c(-c2cncn2CC2(c3ccccc3)CCOCC2)c1C. The molecule has 2 aromatic heterocycles. The maximum Gasteiger partial charge on any atom is 0.0951 e. The van der Waals surface area contributed by atoms with Crippen molar-refractivity contribution in [3.05, 3.63) is 59.8 Å². The van der Waals surface area contributed by atoms with Crippen LogP contribution in [0.25, 0.3) is 11.3 Å². The summed E-state index contributed by atoms with van der Waals surface area (Å²) in [6.45, 7) is 9.95. The van der Waals surface area contributed by atoms with Gasteiger partial charge in [-0.2, -0.15) is 5.10 Å². The zero-order valence-corrected chi connectivity index (χ0v) is 17.2. The molecule has 1 aliphatic heterocycles. The van der Waals surface area contributed by atoms with E-state index in [9.17, 15) is 0 Å². The first-order chi connectivity index (χ1) is 13.6. The Morgan fingerprint density at radius 3 is 2.57 bits per heavy atom. The van der Waals surface area contributed by atoms with Crippen molar-refractivity contribution in [3.8, 4) is 11.3 Å². The van der Waals surface area contributed by atoms with Crippen molar-refractivity contribution in [1.82, 2.24) is 19.3 Å². The van der Waals surface area contributed by atoms with Crippen LogP contribution in [0, 0.1) is 13.8 Å². The summed E-state index contributed by atoms with van der Waals surface area (Å²) < 4.78 is 10.2. The molecule has 0 unspecified atom stereocenters. The van der Waals surface area contributed by atoms with Crippen LogP contribution < -0.4 is 0 Å². The van der Waals surface area contributed by atoms with Crippen LogP contribution in [0.4, 0.5) is 0 Å². The van der Waals surface area contributed by atoms with Gasteiger partial charge in [0.15, 0.2) is 0 Å². The van der Waals surface area contributed by atoms with Gasteiger partial charge in [-0.15, -0.1) is 0 Å². The summed E-state index contributed by atoms with van der Waals surface area (Å²) >= 11 is 0. The highest BCUT2D eigenvalue weighted by Gasteiger charge is 2.35. The Hall–Kier alpha value is -2.40. The summed E-state index contributed by atoms with van der Waals surface area (Å²) in [5, 5.41) is 4.77. The molecule has 28 heavy (non-hydrogen) atoms. The van der Waals surface area contributed by atoms with Gasteiger partial charge in [-0.25, -0.2) is 4.98 Å². The molecular weight excluding hydrogens is 348 g/mol. The van der Waals surface area contributed by atoms with Crippen LogP contribution in [-0.4, -0.2) is 32.5 Å². The van der Waals surface area contributed by atoms with Crippen molar-refractivity contribution >= 4 is 0 Å². The van der Waals surface area contributed by atoms with Crippen LogP contribution in [0.3, 0.4) is 0 Å². The molecule has 0 saturated carbocycles. The lowest BCUT2D eigenvalue weighted by molar-refractivity contribution is 0.0436. The standard InChI is InChI=1S/C23H30N4O/c1-4-12-27-19(3)22(18(2)25-27)21-15-24-17-26(21)16-23(10-13-28-14-11-23)20-8-6-5-7-9-20/h5-9,15,17H,4,10-14,16H2,1-3H3. The second kappa shape index (κ2) is 7.92.